The van der Waals surface area contributed by atoms with Crippen molar-refractivity contribution >= 4 is 27.7 Å². The molecule has 0 saturated heterocycles. The molecular formula is C24H29BrN2O4. The molecule has 0 radical (unpaired) electrons. The molecule has 0 aliphatic carbocycles. The fourth-order valence-electron chi connectivity index (χ4n) is 3.41. The van der Waals surface area contributed by atoms with E-state index in [1.165, 1.54) is 0 Å². The summed E-state index contributed by atoms with van der Waals surface area (Å²) in [6.45, 7) is 7.05. The van der Waals surface area contributed by atoms with Crippen LogP contribution in [0.5, 0.6) is 11.5 Å². The number of halogens is 1. The molecule has 166 valence electrons. The number of hydrogen-bond acceptors (Lipinski definition) is 4. The molecule has 3 rings (SSSR count). The van der Waals surface area contributed by atoms with E-state index < -0.39 is 6.04 Å². The molecule has 6 nitrogen and oxygen atoms in total. The van der Waals surface area contributed by atoms with Crippen LogP contribution in [0.1, 0.15) is 38.3 Å². The predicted molar refractivity (Wildman–Crippen MR) is 123 cm³/mol. The summed E-state index contributed by atoms with van der Waals surface area (Å²) in [6, 6.07) is 13.0. The number of hydrogen-bond donors (Lipinski definition) is 1. The molecule has 0 spiro atoms. The van der Waals surface area contributed by atoms with Crippen LogP contribution in [0.2, 0.25) is 0 Å². The maximum Gasteiger partial charge on any atom is 0.242 e. The minimum Gasteiger partial charge on any atom is -0.486 e. The van der Waals surface area contributed by atoms with Gasteiger partial charge in [-0.2, -0.15) is 0 Å². The number of rotatable bonds is 8. The normalized spacial score (nSPS) is 13.6. The Balaban J connectivity index is 1.71. The Morgan fingerprint density at radius 1 is 1.00 bits per heavy atom. The molecule has 1 atom stereocenters. The first kappa shape index (κ1) is 23.1. The number of fused-ring (bicyclic) bond motifs is 1. The third-order valence-corrected chi connectivity index (χ3v) is 5.63. The second-order valence-corrected chi connectivity index (χ2v) is 8.88. The topological polar surface area (TPSA) is 67.9 Å². The predicted octanol–water partition coefficient (Wildman–Crippen LogP) is 4.09. The molecule has 0 aromatic heterocycles. The highest BCUT2D eigenvalue weighted by molar-refractivity contribution is 9.10. The van der Waals surface area contributed by atoms with Gasteiger partial charge in [-0.25, -0.2) is 0 Å². The van der Waals surface area contributed by atoms with Crippen molar-refractivity contribution in [2.45, 2.75) is 52.2 Å². The number of amides is 2. The maximum absolute atomic E-state index is 13.2. The van der Waals surface area contributed by atoms with E-state index in [2.05, 4.69) is 21.2 Å². The van der Waals surface area contributed by atoms with Gasteiger partial charge in [-0.05, 0) is 62.6 Å². The number of carbonyl (C=O) groups excluding carboxylic acids is 2. The molecule has 2 amide bonds. The Morgan fingerprint density at radius 3 is 2.32 bits per heavy atom. The Morgan fingerprint density at radius 2 is 1.65 bits per heavy atom. The van der Waals surface area contributed by atoms with E-state index in [4.69, 9.17) is 9.47 Å². The molecule has 1 aliphatic rings. The van der Waals surface area contributed by atoms with Crippen molar-refractivity contribution in [2.75, 3.05) is 13.2 Å². The lowest BCUT2D eigenvalue weighted by molar-refractivity contribution is -0.140. The molecule has 0 fully saturated rings. The summed E-state index contributed by atoms with van der Waals surface area (Å²) in [6.07, 6.45) is 0.861. The number of nitrogens with one attached hydrogen (secondary N) is 1. The molecule has 0 saturated carbocycles. The van der Waals surface area contributed by atoms with Gasteiger partial charge in [0.25, 0.3) is 0 Å². The van der Waals surface area contributed by atoms with Gasteiger partial charge in [0.1, 0.15) is 19.3 Å². The molecule has 31 heavy (non-hydrogen) atoms. The van der Waals surface area contributed by atoms with Crippen molar-refractivity contribution in [3.05, 3.63) is 58.1 Å². The highest BCUT2D eigenvalue weighted by Crippen LogP contribution is 2.31. The third-order valence-electron chi connectivity index (χ3n) is 5.10. The van der Waals surface area contributed by atoms with E-state index in [-0.39, 0.29) is 17.9 Å². The molecule has 2 aromatic rings. The van der Waals surface area contributed by atoms with E-state index in [0.29, 0.717) is 38.3 Å². The second-order valence-electron chi connectivity index (χ2n) is 7.97. The zero-order valence-electron chi connectivity index (χ0n) is 18.2. The average molecular weight is 489 g/mol. The number of nitrogens with zero attached hydrogens (tertiary/aromatic N) is 1. The summed E-state index contributed by atoms with van der Waals surface area (Å²) < 4.78 is 12.2. The van der Waals surface area contributed by atoms with Crippen molar-refractivity contribution in [1.82, 2.24) is 10.2 Å². The molecule has 2 aromatic carbocycles. The number of carbonyl (C=O) groups is 2. The van der Waals surface area contributed by atoms with Crippen LogP contribution >= 0.6 is 15.9 Å². The first-order chi connectivity index (χ1) is 14.8. The summed E-state index contributed by atoms with van der Waals surface area (Å²) in [5.41, 5.74) is 1.97. The standard InChI is InChI=1S/C24H29BrN2O4/c1-16(2)26-24(29)17(3)27(15-19-4-8-20(25)9-5-19)23(28)11-7-18-6-10-21-22(14-18)31-13-12-30-21/h4-6,8-10,14,16-17H,7,11-13,15H2,1-3H3,(H,26,29)/t17-/m0/s1. The molecule has 1 heterocycles. The van der Waals surface area contributed by atoms with Crippen molar-refractivity contribution in [1.29, 1.82) is 0 Å². The summed E-state index contributed by atoms with van der Waals surface area (Å²) in [7, 11) is 0. The second kappa shape index (κ2) is 10.7. The third kappa shape index (κ3) is 6.47. The van der Waals surface area contributed by atoms with Gasteiger partial charge >= 0.3 is 0 Å². The highest BCUT2D eigenvalue weighted by Gasteiger charge is 2.26. The Labute approximate surface area is 192 Å². The smallest absolute Gasteiger partial charge is 0.242 e. The summed E-state index contributed by atoms with van der Waals surface area (Å²) in [5, 5.41) is 2.91. The summed E-state index contributed by atoms with van der Waals surface area (Å²) in [4.78, 5) is 27.5. The Hall–Kier alpha value is -2.54. The lowest BCUT2D eigenvalue weighted by Crippen LogP contribution is -2.49. The van der Waals surface area contributed by atoms with E-state index in [0.717, 1.165) is 21.3 Å². The van der Waals surface area contributed by atoms with Gasteiger partial charge in [0.15, 0.2) is 11.5 Å². The Kier molecular flexibility index (Phi) is 7.96. The maximum atomic E-state index is 13.2. The van der Waals surface area contributed by atoms with Crippen LogP contribution in [-0.2, 0) is 22.6 Å². The van der Waals surface area contributed by atoms with Crippen LogP contribution in [0.15, 0.2) is 46.9 Å². The van der Waals surface area contributed by atoms with Crippen LogP contribution in [0.4, 0.5) is 0 Å². The SMILES string of the molecule is CC(C)NC(=O)[C@H](C)N(Cc1ccc(Br)cc1)C(=O)CCc1ccc2c(c1)OCCO2. The Bertz CT molecular complexity index is 914. The molecule has 0 unspecified atom stereocenters. The van der Waals surface area contributed by atoms with E-state index in [1.54, 1.807) is 11.8 Å². The van der Waals surface area contributed by atoms with Crippen molar-refractivity contribution in [2.24, 2.45) is 0 Å². The fourth-order valence-corrected chi connectivity index (χ4v) is 3.68. The van der Waals surface area contributed by atoms with Crippen molar-refractivity contribution in [3.63, 3.8) is 0 Å². The minimum atomic E-state index is -0.571. The monoisotopic (exact) mass is 488 g/mol. The zero-order chi connectivity index (χ0) is 22.4. The number of benzene rings is 2. The summed E-state index contributed by atoms with van der Waals surface area (Å²) in [5.74, 6) is 1.23. The minimum absolute atomic E-state index is 0.0114. The largest absolute Gasteiger partial charge is 0.486 e. The van der Waals surface area contributed by atoms with Crippen LogP contribution in [0, 0.1) is 0 Å². The lowest BCUT2D eigenvalue weighted by Gasteiger charge is -2.29. The van der Waals surface area contributed by atoms with Crippen LogP contribution in [-0.4, -0.2) is 42.0 Å². The first-order valence-corrected chi connectivity index (χ1v) is 11.4. The van der Waals surface area contributed by atoms with Gasteiger partial charge in [-0.15, -0.1) is 0 Å². The molecular weight excluding hydrogens is 460 g/mol. The summed E-state index contributed by atoms with van der Waals surface area (Å²) >= 11 is 3.43. The number of ether oxygens (including phenoxy) is 2. The van der Waals surface area contributed by atoms with E-state index in [9.17, 15) is 9.59 Å². The van der Waals surface area contributed by atoms with Gasteiger partial charge in [0.2, 0.25) is 11.8 Å². The first-order valence-electron chi connectivity index (χ1n) is 10.6. The van der Waals surface area contributed by atoms with Gasteiger partial charge in [-0.3, -0.25) is 9.59 Å². The van der Waals surface area contributed by atoms with Gasteiger partial charge < -0.3 is 19.7 Å². The zero-order valence-corrected chi connectivity index (χ0v) is 19.8. The van der Waals surface area contributed by atoms with E-state index in [1.807, 2.05) is 56.3 Å². The molecule has 1 aliphatic heterocycles. The van der Waals surface area contributed by atoms with Crippen molar-refractivity contribution < 1.29 is 19.1 Å². The molecule has 7 heteroatoms. The van der Waals surface area contributed by atoms with Crippen LogP contribution in [0.3, 0.4) is 0 Å². The van der Waals surface area contributed by atoms with Gasteiger partial charge in [0, 0.05) is 23.5 Å². The number of aryl methyl sites for hydroxylation is 1. The van der Waals surface area contributed by atoms with Gasteiger partial charge in [0.05, 0.1) is 0 Å². The fraction of sp³-hybridized carbons (Fsp3) is 0.417. The molecule has 0 bridgehead atoms. The lowest BCUT2D eigenvalue weighted by atomic mass is 10.1. The van der Waals surface area contributed by atoms with Crippen LogP contribution in [0.25, 0.3) is 0 Å². The molecule has 1 N–H and O–H groups in total. The van der Waals surface area contributed by atoms with Crippen LogP contribution < -0.4 is 14.8 Å². The quantitative estimate of drug-likeness (QED) is 0.607. The van der Waals surface area contributed by atoms with Crippen molar-refractivity contribution in [3.8, 4) is 11.5 Å². The van der Waals surface area contributed by atoms with E-state index >= 15 is 0 Å². The average Bonchev–Trinajstić information content (AvgIpc) is 2.76. The van der Waals surface area contributed by atoms with Gasteiger partial charge in [-0.1, -0.05) is 34.1 Å². The highest BCUT2D eigenvalue weighted by atomic mass is 79.9.